The van der Waals surface area contributed by atoms with Crippen LogP contribution in [0.4, 0.5) is 4.39 Å². The van der Waals surface area contributed by atoms with E-state index in [2.05, 4.69) is 31.2 Å². The van der Waals surface area contributed by atoms with E-state index in [1.54, 1.807) is 0 Å². The van der Waals surface area contributed by atoms with E-state index in [0.29, 0.717) is 33.0 Å². The third-order valence-electron chi connectivity index (χ3n) is 3.74. The van der Waals surface area contributed by atoms with Crippen molar-refractivity contribution >= 4 is 50.7 Å². The van der Waals surface area contributed by atoms with Gasteiger partial charge in [-0.25, -0.2) is 14.2 Å². The molecule has 150 valence electrons. The van der Waals surface area contributed by atoms with E-state index >= 15 is 0 Å². The number of benzene rings is 1. The molecule has 9 heteroatoms. The lowest BCUT2D eigenvalue weighted by Gasteiger charge is -2.26. The number of amidine groups is 1. The van der Waals surface area contributed by atoms with Crippen molar-refractivity contribution in [3.63, 3.8) is 0 Å². The first-order valence-corrected chi connectivity index (χ1v) is 10.9. The van der Waals surface area contributed by atoms with Crippen molar-refractivity contribution in [2.24, 2.45) is 4.99 Å². The average molecular weight is 489 g/mol. The molecule has 1 aliphatic heterocycles. The van der Waals surface area contributed by atoms with E-state index in [9.17, 15) is 9.18 Å². The molecule has 1 atom stereocenters. The van der Waals surface area contributed by atoms with Crippen molar-refractivity contribution in [1.29, 1.82) is 0 Å². The van der Waals surface area contributed by atoms with Crippen LogP contribution in [0.5, 0.6) is 0 Å². The summed E-state index contributed by atoms with van der Waals surface area (Å²) in [4.78, 5) is 21.5. The summed E-state index contributed by atoms with van der Waals surface area (Å²) in [5, 5.41) is 6.30. The molecule has 0 radical (unpaired) electrons. The summed E-state index contributed by atoms with van der Waals surface area (Å²) >= 11 is 11.1. The number of carbonyl (C=O) groups is 1. The van der Waals surface area contributed by atoms with Crippen LogP contribution >= 0.6 is 38.9 Å². The molecule has 1 aliphatic rings. The van der Waals surface area contributed by atoms with Crippen LogP contribution in [-0.4, -0.2) is 29.2 Å². The summed E-state index contributed by atoms with van der Waals surface area (Å²) in [6.07, 6.45) is 0. The summed E-state index contributed by atoms with van der Waals surface area (Å²) in [6, 6.07) is 3.28. The number of aromatic nitrogens is 1. The first-order chi connectivity index (χ1) is 13.4. The molecule has 5 nitrogen and oxygen atoms in total. The van der Waals surface area contributed by atoms with Crippen molar-refractivity contribution in [2.75, 3.05) is 12.4 Å². The minimum Gasteiger partial charge on any atom is -0.466 e. The van der Waals surface area contributed by atoms with Crippen molar-refractivity contribution in [3.05, 3.63) is 62.0 Å². The van der Waals surface area contributed by atoms with Gasteiger partial charge in [0.2, 0.25) is 0 Å². The van der Waals surface area contributed by atoms with Gasteiger partial charge in [-0.15, -0.1) is 11.3 Å². The Morgan fingerprint density at radius 2 is 2.14 bits per heavy atom. The van der Waals surface area contributed by atoms with Crippen molar-refractivity contribution < 1.29 is 13.9 Å². The van der Waals surface area contributed by atoms with Gasteiger partial charge in [-0.05, 0) is 19.1 Å². The molecule has 2 heterocycles. The van der Waals surface area contributed by atoms with E-state index in [1.165, 1.54) is 36.6 Å². The first kappa shape index (κ1) is 22.5. The van der Waals surface area contributed by atoms with Crippen LogP contribution in [0.15, 0.2) is 39.8 Å². The zero-order valence-corrected chi connectivity index (χ0v) is 19.0. The zero-order chi connectivity index (χ0) is 20.8. The van der Waals surface area contributed by atoms with E-state index < -0.39 is 17.8 Å². The van der Waals surface area contributed by atoms with Gasteiger partial charge >= 0.3 is 5.97 Å². The molecule has 1 aromatic carbocycles. The number of ether oxygens (including phenoxy) is 1. The number of allylic oxidation sites excluding steroid dienone is 1. The van der Waals surface area contributed by atoms with E-state index in [0.717, 1.165) is 5.69 Å². The number of methoxy groups -OCH3 is 1. The van der Waals surface area contributed by atoms with Gasteiger partial charge in [0.25, 0.3) is 0 Å². The van der Waals surface area contributed by atoms with Gasteiger partial charge in [-0.1, -0.05) is 47.4 Å². The smallest absolute Gasteiger partial charge is 0.338 e. The minimum atomic E-state index is -0.733. The summed E-state index contributed by atoms with van der Waals surface area (Å²) < 4.78 is 18.4. The van der Waals surface area contributed by atoms with Crippen LogP contribution in [0.25, 0.3) is 0 Å². The molecule has 2 aromatic rings. The third kappa shape index (κ3) is 4.79. The summed E-state index contributed by atoms with van der Waals surface area (Å²) in [5.41, 5.74) is 2.29. The van der Waals surface area contributed by atoms with Gasteiger partial charge in [0.15, 0.2) is 10.8 Å². The largest absolute Gasteiger partial charge is 0.466 e. The quantitative estimate of drug-likeness (QED) is 0.475. The third-order valence-corrected chi connectivity index (χ3v) is 5.60. The highest BCUT2D eigenvalue weighted by atomic mass is 79.9. The molecular formula is C19H20BrClFN3O2S. The number of hydrogen-bond donors (Lipinski definition) is 1. The topological polar surface area (TPSA) is 63.6 Å². The summed E-state index contributed by atoms with van der Waals surface area (Å²) in [6.45, 7) is 5.89. The fourth-order valence-corrected chi connectivity index (χ4v) is 4.03. The number of halogens is 3. The predicted octanol–water partition coefficient (Wildman–Crippen LogP) is 5.18. The highest BCUT2D eigenvalue weighted by Gasteiger charge is 2.33. The van der Waals surface area contributed by atoms with E-state index in [1.807, 2.05) is 26.2 Å². The van der Waals surface area contributed by atoms with Crippen molar-refractivity contribution in [3.8, 4) is 0 Å². The minimum absolute atomic E-state index is 0.186. The number of thiazole rings is 1. The summed E-state index contributed by atoms with van der Waals surface area (Å²) in [5.74, 6) is -0.470. The second kappa shape index (κ2) is 10.1. The average Bonchev–Trinajstić information content (AvgIpc) is 3.14. The first-order valence-electron chi connectivity index (χ1n) is 8.54. The molecule has 3 rings (SSSR count). The van der Waals surface area contributed by atoms with E-state index in [-0.39, 0.29) is 5.02 Å². The van der Waals surface area contributed by atoms with Crippen LogP contribution in [0.3, 0.4) is 0 Å². The maximum absolute atomic E-state index is 13.5. The molecule has 0 fully saturated rings. The van der Waals surface area contributed by atoms with Crippen LogP contribution in [0.1, 0.15) is 36.2 Å². The monoisotopic (exact) mass is 487 g/mol. The van der Waals surface area contributed by atoms with Gasteiger partial charge in [-0.2, -0.15) is 0 Å². The van der Waals surface area contributed by atoms with Gasteiger partial charge in [-0.3, -0.25) is 4.99 Å². The van der Waals surface area contributed by atoms with Crippen LogP contribution in [0, 0.1) is 12.7 Å². The Hall–Kier alpha value is -1.77. The second-order valence-corrected chi connectivity index (χ2v) is 7.31. The number of aliphatic imine (C=N–C) groups is 1. The SMILES string of the molecule is CC.COC(=O)C1=C(CBr)NC(c2nc(C)cs2)=NC1c1ccc(F)cc1Cl. The van der Waals surface area contributed by atoms with Gasteiger partial charge in [0.1, 0.15) is 11.9 Å². The fourth-order valence-electron chi connectivity index (χ4n) is 2.57. The van der Waals surface area contributed by atoms with Crippen molar-refractivity contribution in [1.82, 2.24) is 10.3 Å². The van der Waals surface area contributed by atoms with Gasteiger partial charge in [0, 0.05) is 32.7 Å². The Kier molecular flexibility index (Phi) is 8.15. The fraction of sp³-hybridized carbons (Fsp3) is 0.316. The number of rotatable bonds is 4. The number of esters is 1. The molecule has 1 unspecified atom stereocenters. The summed E-state index contributed by atoms with van der Waals surface area (Å²) in [7, 11) is 1.30. The number of nitrogens with one attached hydrogen (secondary N) is 1. The number of hydrogen-bond acceptors (Lipinski definition) is 6. The lowest BCUT2D eigenvalue weighted by molar-refractivity contribution is -0.136. The molecule has 28 heavy (non-hydrogen) atoms. The highest BCUT2D eigenvalue weighted by Crippen LogP contribution is 2.36. The predicted molar refractivity (Wildman–Crippen MR) is 115 cm³/mol. The van der Waals surface area contributed by atoms with Crippen LogP contribution in [-0.2, 0) is 9.53 Å². The van der Waals surface area contributed by atoms with Gasteiger partial charge < -0.3 is 10.1 Å². The standard InChI is InChI=1S/C17H14BrClFN3O2S.C2H6/c1-8-7-26-16(21-8)15-22-12(6-18)13(17(24)25-2)14(23-15)10-4-3-9(20)5-11(10)19;1-2/h3-5,7,14H,6H2,1-2H3,(H,22,23);1-2H3. The molecule has 0 aliphatic carbocycles. The number of aryl methyl sites for hydroxylation is 1. The highest BCUT2D eigenvalue weighted by molar-refractivity contribution is 9.09. The Bertz CT molecular complexity index is 930. The van der Waals surface area contributed by atoms with E-state index in [4.69, 9.17) is 16.3 Å². The molecular weight excluding hydrogens is 469 g/mol. The number of alkyl halides is 1. The lowest BCUT2D eigenvalue weighted by atomic mass is 9.96. The molecule has 0 saturated carbocycles. The van der Waals surface area contributed by atoms with Crippen LogP contribution in [0.2, 0.25) is 5.02 Å². The maximum Gasteiger partial charge on any atom is 0.338 e. The molecule has 1 aromatic heterocycles. The van der Waals surface area contributed by atoms with Gasteiger partial charge in [0.05, 0.1) is 12.7 Å². The Morgan fingerprint density at radius 3 is 2.68 bits per heavy atom. The Morgan fingerprint density at radius 1 is 1.43 bits per heavy atom. The number of carbonyl (C=O) groups excluding carboxylic acids is 1. The second-order valence-electron chi connectivity index (χ2n) is 5.48. The normalized spacial score (nSPS) is 16.0. The molecule has 1 N–H and O–H groups in total. The molecule has 0 spiro atoms. The van der Waals surface area contributed by atoms with Crippen molar-refractivity contribution in [2.45, 2.75) is 26.8 Å². The molecule has 0 bridgehead atoms. The zero-order valence-electron chi connectivity index (χ0n) is 15.8. The van der Waals surface area contributed by atoms with Crippen LogP contribution < -0.4 is 5.32 Å². The molecule has 0 saturated heterocycles. The maximum atomic E-state index is 13.5. The lowest BCUT2D eigenvalue weighted by Crippen LogP contribution is -2.34. The Labute approximate surface area is 180 Å². The Balaban J connectivity index is 0.00000136. The molecule has 0 amide bonds. The number of nitrogens with zero attached hydrogens (tertiary/aromatic N) is 2.